The molecule has 1 saturated heterocycles. The van der Waals surface area contributed by atoms with Crippen molar-refractivity contribution in [1.82, 2.24) is 0 Å². The topological polar surface area (TPSA) is 12.0 Å². The molecule has 1 aromatic carbocycles. The van der Waals surface area contributed by atoms with Gasteiger partial charge in [-0.05, 0) is 24.6 Å². The highest BCUT2D eigenvalue weighted by atomic mass is 35.5. The highest BCUT2D eigenvalue weighted by Crippen LogP contribution is 2.38. The molecule has 1 heterocycles. The zero-order valence-electron chi connectivity index (χ0n) is 9.72. The second-order valence-electron chi connectivity index (χ2n) is 4.41. The zero-order chi connectivity index (χ0) is 13.3. The first-order valence-corrected chi connectivity index (χ1v) is 7.04. The predicted molar refractivity (Wildman–Crippen MR) is 70.4 cm³/mol. The fraction of sp³-hybridized carbons (Fsp3) is 0.500. The summed E-state index contributed by atoms with van der Waals surface area (Å²) < 4.78 is 38.6. The molecule has 0 amide bonds. The molecule has 0 aromatic heterocycles. The minimum Gasteiger partial charge on any atom is -0.381 e. The average molecular weight is 296 g/mol. The first-order valence-electron chi connectivity index (χ1n) is 5.61. The maximum atomic E-state index is 12.9. The Labute approximate surface area is 113 Å². The van der Waals surface area contributed by atoms with E-state index in [1.54, 1.807) is 11.8 Å². The Balaban J connectivity index is 2.22. The van der Waals surface area contributed by atoms with Gasteiger partial charge in [0.25, 0.3) is 0 Å². The Kier molecular flexibility index (Phi) is 4.02. The van der Waals surface area contributed by atoms with E-state index in [4.69, 9.17) is 11.6 Å². The van der Waals surface area contributed by atoms with Crippen LogP contribution in [0.4, 0.5) is 18.9 Å². The summed E-state index contributed by atoms with van der Waals surface area (Å²) in [5.41, 5.74) is -0.578. The summed E-state index contributed by atoms with van der Waals surface area (Å²) in [6.07, 6.45) is -3.50. The third-order valence-corrected chi connectivity index (χ3v) is 4.44. The Morgan fingerprint density at radius 2 is 2.11 bits per heavy atom. The van der Waals surface area contributed by atoms with Crippen LogP contribution >= 0.6 is 23.4 Å². The fourth-order valence-corrected chi connectivity index (χ4v) is 3.34. The zero-order valence-corrected chi connectivity index (χ0v) is 11.3. The van der Waals surface area contributed by atoms with Gasteiger partial charge in [-0.3, -0.25) is 0 Å². The van der Waals surface area contributed by atoms with Crippen molar-refractivity contribution in [3.63, 3.8) is 0 Å². The van der Waals surface area contributed by atoms with E-state index < -0.39 is 11.7 Å². The van der Waals surface area contributed by atoms with Gasteiger partial charge in [-0.25, -0.2) is 0 Å². The van der Waals surface area contributed by atoms with Crippen LogP contribution in [-0.2, 0) is 6.18 Å². The normalized spacial score (nSPS) is 24.3. The first-order chi connectivity index (χ1) is 8.36. The highest BCUT2D eigenvalue weighted by Gasteiger charge is 2.34. The molecule has 6 heteroatoms. The van der Waals surface area contributed by atoms with Crippen LogP contribution < -0.4 is 5.32 Å². The molecule has 100 valence electrons. The molecule has 1 aliphatic heterocycles. The van der Waals surface area contributed by atoms with E-state index in [9.17, 15) is 13.2 Å². The predicted octanol–water partition coefficient (Wildman–Crippen LogP) is 4.66. The van der Waals surface area contributed by atoms with Gasteiger partial charge in [0.15, 0.2) is 0 Å². The van der Waals surface area contributed by atoms with E-state index in [1.807, 2.05) is 0 Å². The second-order valence-corrected chi connectivity index (χ2v) is 6.32. The maximum absolute atomic E-state index is 12.9. The quantitative estimate of drug-likeness (QED) is 0.851. The van der Waals surface area contributed by atoms with Gasteiger partial charge in [0.2, 0.25) is 0 Å². The lowest BCUT2D eigenvalue weighted by atomic mass is 10.1. The van der Waals surface area contributed by atoms with E-state index in [-0.39, 0.29) is 16.8 Å². The second kappa shape index (κ2) is 5.21. The van der Waals surface area contributed by atoms with Crippen LogP contribution in [0, 0.1) is 0 Å². The molecule has 1 fully saturated rings. The molecule has 0 saturated carbocycles. The minimum atomic E-state index is -4.38. The Bertz CT molecular complexity index is 436. The number of halogens is 4. The Morgan fingerprint density at radius 3 is 2.67 bits per heavy atom. The number of alkyl halides is 3. The third-order valence-electron chi connectivity index (χ3n) is 2.85. The van der Waals surface area contributed by atoms with Crippen molar-refractivity contribution in [3.8, 4) is 0 Å². The van der Waals surface area contributed by atoms with E-state index in [1.165, 1.54) is 12.1 Å². The van der Waals surface area contributed by atoms with Crippen molar-refractivity contribution in [2.24, 2.45) is 0 Å². The SMILES string of the molecule is CC1CC(Nc2ccc(Cl)cc2C(F)(F)F)CS1. The molecule has 0 radical (unpaired) electrons. The third kappa shape index (κ3) is 3.26. The van der Waals surface area contributed by atoms with Gasteiger partial charge >= 0.3 is 6.18 Å². The number of benzene rings is 1. The van der Waals surface area contributed by atoms with Crippen LogP contribution in [0.15, 0.2) is 18.2 Å². The van der Waals surface area contributed by atoms with E-state index >= 15 is 0 Å². The lowest BCUT2D eigenvalue weighted by molar-refractivity contribution is -0.137. The summed E-state index contributed by atoms with van der Waals surface area (Å²) in [5.74, 6) is 0.834. The van der Waals surface area contributed by atoms with Crippen molar-refractivity contribution in [2.45, 2.75) is 30.8 Å². The van der Waals surface area contributed by atoms with Gasteiger partial charge in [0.05, 0.1) is 5.56 Å². The number of hydrogen-bond acceptors (Lipinski definition) is 2. The average Bonchev–Trinajstić information content (AvgIpc) is 2.65. The summed E-state index contributed by atoms with van der Waals surface area (Å²) in [6.45, 7) is 2.08. The maximum Gasteiger partial charge on any atom is 0.418 e. The summed E-state index contributed by atoms with van der Waals surface area (Å²) in [6, 6.07) is 3.94. The fourth-order valence-electron chi connectivity index (χ4n) is 2.01. The molecular weight excluding hydrogens is 283 g/mol. The molecule has 2 unspecified atom stereocenters. The van der Waals surface area contributed by atoms with Crippen LogP contribution in [0.5, 0.6) is 0 Å². The lowest BCUT2D eigenvalue weighted by Gasteiger charge is -2.18. The van der Waals surface area contributed by atoms with Gasteiger partial charge in [-0.1, -0.05) is 18.5 Å². The van der Waals surface area contributed by atoms with Crippen LogP contribution in [0.3, 0.4) is 0 Å². The molecular formula is C12H13ClF3NS. The van der Waals surface area contributed by atoms with E-state index in [0.717, 1.165) is 18.2 Å². The summed E-state index contributed by atoms with van der Waals surface area (Å²) >= 11 is 7.40. The molecule has 1 N–H and O–H groups in total. The molecule has 0 bridgehead atoms. The van der Waals surface area contributed by atoms with Gasteiger partial charge < -0.3 is 5.32 Å². The number of rotatable bonds is 2. The monoisotopic (exact) mass is 295 g/mol. The number of thioether (sulfide) groups is 1. The molecule has 0 aliphatic carbocycles. The molecule has 1 aromatic rings. The molecule has 1 aliphatic rings. The minimum absolute atomic E-state index is 0.0901. The molecule has 2 rings (SSSR count). The highest BCUT2D eigenvalue weighted by molar-refractivity contribution is 8.00. The van der Waals surface area contributed by atoms with Crippen LogP contribution in [0.25, 0.3) is 0 Å². The van der Waals surface area contributed by atoms with Crippen LogP contribution in [0.1, 0.15) is 18.9 Å². The number of hydrogen-bond donors (Lipinski definition) is 1. The molecule has 0 spiro atoms. The lowest BCUT2D eigenvalue weighted by Crippen LogP contribution is -2.21. The summed E-state index contributed by atoms with van der Waals surface area (Å²) in [7, 11) is 0. The van der Waals surface area contributed by atoms with Crippen LogP contribution in [-0.4, -0.2) is 17.0 Å². The van der Waals surface area contributed by atoms with Crippen LogP contribution in [0.2, 0.25) is 5.02 Å². The van der Waals surface area contributed by atoms with Gasteiger partial charge in [0, 0.05) is 27.8 Å². The van der Waals surface area contributed by atoms with E-state index in [2.05, 4.69) is 12.2 Å². The smallest absolute Gasteiger partial charge is 0.381 e. The van der Waals surface area contributed by atoms with Gasteiger partial charge in [-0.15, -0.1) is 0 Å². The van der Waals surface area contributed by atoms with E-state index in [0.29, 0.717) is 5.25 Å². The van der Waals surface area contributed by atoms with Crippen molar-refractivity contribution in [2.75, 3.05) is 11.1 Å². The van der Waals surface area contributed by atoms with Gasteiger partial charge in [0.1, 0.15) is 0 Å². The largest absolute Gasteiger partial charge is 0.418 e. The summed E-state index contributed by atoms with van der Waals surface area (Å²) in [5, 5.41) is 3.56. The standard InChI is InChI=1S/C12H13ClF3NS/c1-7-4-9(6-18-7)17-11-3-2-8(13)5-10(11)12(14,15)16/h2-3,5,7,9,17H,4,6H2,1H3. The molecule has 2 atom stereocenters. The number of anilines is 1. The van der Waals surface area contributed by atoms with Crippen molar-refractivity contribution in [1.29, 1.82) is 0 Å². The molecule has 18 heavy (non-hydrogen) atoms. The van der Waals surface area contributed by atoms with Crippen molar-refractivity contribution >= 4 is 29.1 Å². The molecule has 1 nitrogen and oxygen atoms in total. The van der Waals surface area contributed by atoms with Gasteiger partial charge in [-0.2, -0.15) is 24.9 Å². The first kappa shape index (κ1) is 13.9. The summed E-state index contributed by atoms with van der Waals surface area (Å²) in [4.78, 5) is 0. The van der Waals surface area contributed by atoms with Crippen molar-refractivity contribution < 1.29 is 13.2 Å². The number of nitrogens with one attached hydrogen (secondary N) is 1. The van der Waals surface area contributed by atoms with Crippen molar-refractivity contribution in [3.05, 3.63) is 28.8 Å². The Hall–Kier alpha value is -0.550. The Morgan fingerprint density at radius 1 is 1.39 bits per heavy atom.